The van der Waals surface area contributed by atoms with E-state index in [1.165, 1.54) is 23.9 Å². The molecule has 0 aliphatic rings. The Balaban J connectivity index is 1.57. The summed E-state index contributed by atoms with van der Waals surface area (Å²) < 4.78 is 19.3. The standard InChI is InChI=1S/C17H17BrFNO2S/c18-14-2-1-3-16(10-14)22-8-9-23-12-17(21)20-11-13-4-6-15(19)7-5-13/h1-7,10H,8-9,11-12H2,(H,20,21). The van der Waals surface area contributed by atoms with Crippen LogP contribution in [0.4, 0.5) is 4.39 Å². The number of thioether (sulfide) groups is 1. The number of benzene rings is 2. The lowest BCUT2D eigenvalue weighted by atomic mass is 10.2. The molecule has 0 aliphatic heterocycles. The molecule has 0 atom stereocenters. The van der Waals surface area contributed by atoms with E-state index < -0.39 is 0 Å². The Morgan fingerprint density at radius 2 is 2.00 bits per heavy atom. The lowest BCUT2D eigenvalue weighted by Crippen LogP contribution is -2.24. The highest BCUT2D eigenvalue weighted by atomic mass is 79.9. The monoisotopic (exact) mass is 397 g/mol. The minimum Gasteiger partial charge on any atom is -0.493 e. The third-order valence-electron chi connectivity index (χ3n) is 2.93. The molecule has 0 heterocycles. The van der Waals surface area contributed by atoms with Gasteiger partial charge in [-0.25, -0.2) is 4.39 Å². The Hall–Kier alpha value is -1.53. The number of carbonyl (C=O) groups excluding carboxylic acids is 1. The molecule has 0 saturated carbocycles. The highest BCUT2D eigenvalue weighted by Gasteiger charge is 2.02. The van der Waals surface area contributed by atoms with Crippen LogP contribution in [-0.2, 0) is 11.3 Å². The van der Waals surface area contributed by atoms with E-state index in [0.717, 1.165) is 21.5 Å². The fourth-order valence-electron chi connectivity index (χ4n) is 1.79. The van der Waals surface area contributed by atoms with Crippen LogP contribution in [0.2, 0.25) is 0 Å². The van der Waals surface area contributed by atoms with Gasteiger partial charge in [-0.15, -0.1) is 11.8 Å². The third-order valence-corrected chi connectivity index (χ3v) is 4.34. The molecule has 2 rings (SSSR count). The summed E-state index contributed by atoms with van der Waals surface area (Å²) in [6.45, 7) is 0.959. The fourth-order valence-corrected chi connectivity index (χ4v) is 2.81. The van der Waals surface area contributed by atoms with Gasteiger partial charge in [-0.1, -0.05) is 34.1 Å². The van der Waals surface area contributed by atoms with Crippen molar-refractivity contribution in [2.75, 3.05) is 18.1 Å². The van der Waals surface area contributed by atoms with E-state index in [1.54, 1.807) is 12.1 Å². The molecule has 1 amide bonds. The Kier molecular flexibility index (Phi) is 7.42. The van der Waals surface area contributed by atoms with Gasteiger partial charge in [0.25, 0.3) is 0 Å². The number of amides is 1. The summed E-state index contributed by atoms with van der Waals surface area (Å²) in [7, 11) is 0. The molecule has 0 bridgehead atoms. The Morgan fingerprint density at radius 3 is 2.74 bits per heavy atom. The molecule has 23 heavy (non-hydrogen) atoms. The number of ether oxygens (including phenoxy) is 1. The zero-order chi connectivity index (χ0) is 16.5. The predicted molar refractivity (Wildman–Crippen MR) is 95.2 cm³/mol. The SMILES string of the molecule is O=C(CSCCOc1cccc(Br)c1)NCc1ccc(F)cc1. The predicted octanol–water partition coefficient (Wildman–Crippen LogP) is 4.02. The summed E-state index contributed by atoms with van der Waals surface area (Å²) in [6, 6.07) is 13.7. The summed E-state index contributed by atoms with van der Waals surface area (Å²) in [5.74, 6) is 1.60. The molecule has 0 fully saturated rings. The number of halogens is 2. The van der Waals surface area contributed by atoms with E-state index in [-0.39, 0.29) is 11.7 Å². The maximum absolute atomic E-state index is 12.8. The summed E-state index contributed by atoms with van der Waals surface area (Å²) >= 11 is 4.90. The van der Waals surface area contributed by atoms with Crippen molar-refractivity contribution >= 4 is 33.6 Å². The quantitative estimate of drug-likeness (QED) is 0.683. The topological polar surface area (TPSA) is 38.3 Å². The molecule has 0 aliphatic carbocycles. The van der Waals surface area contributed by atoms with Gasteiger partial charge in [0.05, 0.1) is 12.4 Å². The number of hydrogen-bond donors (Lipinski definition) is 1. The molecule has 0 spiro atoms. The zero-order valence-corrected chi connectivity index (χ0v) is 14.8. The summed E-state index contributed by atoms with van der Waals surface area (Å²) in [5.41, 5.74) is 0.878. The average Bonchev–Trinajstić information content (AvgIpc) is 2.54. The first-order valence-electron chi connectivity index (χ1n) is 7.11. The minimum absolute atomic E-state index is 0.0400. The van der Waals surface area contributed by atoms with Crippen LogP contribution in [0, 0.1) is 5.82 Å². The second-order valence-corrected chi connectivity index (χ2v) is 6.78. The molecular formula is C17H17BrFNO2S. The Labute approximate surface area is 147 Å². The van der Waals surface area contributed by atoms with Crippen molar-refractivity contribution in [3.05, 3.63) is 64.4 Å². The first-order valence-corrected chi connectivity index (χ1v) is 9.05. The van der Waals surface area contributed by atoms with Crippen LogP contribution in [0.5, 0.6) is 5.75 Å². The lowest BCUT2D eigenvalue weighted by molar-refractivity contribution is -0.118. The molecule has 1 N–H and O–H groups in total. The Bertz CT molecular complexity index is 637. The molecule has 0 saturated heterocycles. The highest BCUT2D eigenvalue weighted by Crippen LogP contribution is 2.17. The van der Waals surface area contributed by atoms with Crippen molar-refractivity contribution in [3.8, 4) is 5.75 Å². The van der Waals surface area contributed by atoms with E-state index in [9.17, 15) is 9.18 Å². The number of hydrogen-bond acceptors (Lipinski definition) is 3. The van der Waals surface area contributed by atoms with E-state index in [4.69, 9.17) is 4.74 Å². The second-order valence-electron chi connectivity index (χ2n) is 4.76. The molecule has 0 radical (unpaired) electrons. The van der Waals surface area contributed by atoms with E-state index >= 15 is 0 Å². The lowest BCUT2D eigenvalue weighted by Gasteiger charge is -2.07. The van der Waals surface area contributed by atoms with Gasteiger partial charge in [0.1, 0.15) is 11.6 Å². The van der Waals surface area contributed by atoms with Gasteiger partial charge in [-0.05, 0) is 35.9 Å². The van der Waals surface area contributed by atoms with Crippen molar-refractivity contribution < 1.29 is 13.9 Å². The van der Waals surface area contributed by atoms with Crippen LogP contribution in [0.15, 0.2) is 53.0 Å². The van der Waals surface area contributed by atoms with Crippen molar-refractivity contribution in [3.63, 3.8) is 0 Å². The molecule has 3 nitrogen and oxygen atoms in total. The molecule has 0 unspecified atom stereocenters. The summed E-state index contributed by atoms with van der Waals surface area (Å²) in [6.07, 6.45) is 0. The maximum atomic E-state index is 12.8. The van der Waals surface area contributed by atoms with Gasteiger partial charge < -0.3 is 10.1 Å². The van der Waals surface area contributed by atoms with Crippen LogP contribution in [0.25, 0.3) is 0 Å². The van der Waals surface area contributed by atoms with Gasteiger partial charge in [0, 0.05) is 16.8 Å². The number of carbonyl (C=O) groups is 1. The van der Waals surface area contributed by atoms with Crippen molar-refractivity contribution in [2.45, 2.75) is 6.54 Å². The number of rotatable bonds is 8. The van der Waals surface area contributed by atoms with Crippen molar-refractivity contribution in [1.29, 1.82) is 0 Å². The molecular weight excluding hydrogens is 381 g/mol. The van der Waals surface area contributed by atoms with Gasteiger partial charge in [-0.2, -0.15) is 0 Å². The number of nitrogens with one attached hydrogen (secondary N) is 1. The average molecular weight is 398 g/mol. The van der Waals surface area contributed by atoms with Crippen LogP contribution in [0.3, 0.4) is 0 Å². The van der Waals surface area contributed by atoms with Crippen LogP contribution >= 0.6 is 27.7 Å². The smallest absolute Gasteiger partial charge is 0.230 e. The second kappa shape index (κ2) is 9.57. The highest BCUT2D eigenvalue weighted by molar-refractivity contribution is 9.10. The minimum atomic E-state index is -0.277. The normalized spacial score (nSPS) is 10.3. The third kappa shape index (κ3) is 7.05. The summed E-state index contributed by atoms with van der Waals surface area (Å²) in [4.78, 5) is 11.7. The maximum Gasteiger partial charge on any atom is 0.230 e. The zero-order valence-electron chi connectivity index (χ0n) is 12.4. The van der Waals surface area contributed by atoms with Crippen LogP contribution < -0.4 is 10.1 Å². The van der Waals surface area contributed by atoms with Gasteiger partial charge >= 0.3 is 0 Å². The van der Waals surface area contributed by atoms with E-state index in [0.29, 0.717) is 18.9 Å². The van der Waals surface area contributed by atoms with E-state index in [2.05, 4.69) is 21.2 Å². The van der Waals surface area contributed by atoms with Crippen molar-refractivity contribution in [1.82, 2.24) is 5.32 Å². The van der Waals surface area contributed by atoms with Crippen LogP contribution in [0.1, 0.15) is 5.56 Å². The molecule has 122 valence electrons. The first kappa shape index (κ1) is 17.8. The summed E-state index contributed by atoms with van der Waals surface area (Å²) in [5, 5.41) is 2.81. The van der Waals surface area contributed by atoms with Gasteiger partial charge in [0.15, 0.2) is 0 Å². The van der Waals surface area contributed by atoms with Crippen molar-refractivity contribution in [2.24, 2.45) is 0 Å². The molecule has 2 aromatic rings. The van der Waals surface area contributed by atoms with Gasteiger partial charge in [0.2, 0.25) is 5.91 Å². The largest absolute Gasteiger partial charge is 0.493 e. The molecule has 2 aromatic carbocycles. The van der Waals surface area contributed by atoms with Crippen LogP contribution in [-0.4, -0.2) is 24.0 Å². The van der Waals surface area contributed by atoms with Gasteiger partial charge in [-0.3, -0.25) is 4.79 Å². The fraction of sp³-hybridized carbons (Fsp3) is 0.235. The Morgan fingerprint density at radius 1 is 1.22 bits per heavy atom. The van der Waals surface area contributed by atoms with E-state index in [1.807, 2.05) is 24.3 Å². The first-order chi connectivity index (χ1) is 11.1. The molecule has 6 heteroatoms. The molecule has 0 aromatic heterocycles.